The average molecular weight is 332 g/mol. The van der Waals surface area contributed by atoms with Crippen molar-refractivity contribution in [3.05, 3.63) is 35.2 Å². The number of nitrogens with one attached hydrogen (secondary N) is 3. The highest BCUT2D eigenvalue weighted by atomic mass is 16.5. The topological polar surface area (TPSA) is 166 Å². The van der Waals surface area contributed by atoms with Crippen LogP contribution in [0.4, 0.5) is 0 Å². The smallest absolute Gasteiger partial charge is 0.197 e. The largest absolute Gasteiger partial charge is 0.507 e. The Hall–Kier alpha value is -2.87. The Morgan fingerprint density at radius 1 is 1.46 bits per heavy atom. The fourth-order valence-electron chi connectivity index (χ4n) is 2.23. The van der Waals surface area contributed by atoms with Crippen LogP contribution in [0.1, 0.15) is 30.9 Å². The Bertz CT molecular complexity index is 695. The van der Waals surface area contributed by atoms with E-state index in [4.69, 9.17) is 21.7 Å². The number of phenols is 1. The molecule has 0 radical (unpaired) electrons. The van der Waals surface area contributed by atoms with E-state index in [0.29, 0.717) is 11.5 Å². The number of phenolic OH excluding ortho intramolecular Hbond substituents is 1. The molecule has 1 aliphatic rings. The molecule has 0 spiro atoms. The maximum atomic E-state index is 9.88. The van der Waals surface area contributed by atoms with Crippen molar-refractivity contribution < 1.29 is 9.84 Å². The minimum Gasteiger partial charge on any atom is -0.507 e. The van der Waals surface area contributed by atoms with Gasteiger partial charge in [-0.25, -0.2) is 5.43 Å². The summed E-state index contributed by atoms with van der Waals surface area (Å²) in [5, 5.41) is 31.8. The summed E-state index contributed by atoms with van der Waals surface area (Å²) in [7, 11) is 0. The van der Waals surface area contributed by atoms with E-state index >= 15 is 0 Å². The van der Waals surface area contributed by atoms with Crippen molar-refractivity contribution in [1.82, 2.24) is 16.1 Å². The van der Waals surface area contributed by atoms with Gasteiger partial charge in [-0.1, -0.05) is 19.1 Å². The predicted octanol–water partition coefficient (Wildman–Crippen LogP) is 0.199. The molecule has 2 unspecified atom stereocenters. The molecule has 0 saturated carbocycles. The van der Waals surface area contributed by atoms with E-state index in [1.165, 1.54) is 12.1 Å². The van der Waals surface area contributed by atoms with Crippen molar-refractivity contribution >= 4 is 0 Å². The minimum atomic E-state index is -0.555. The highest BCUT2D eigenvalue weighted by molar-refractivity contribution is 5.52. The Labute approximate surface area is 139 Å². The first-order valence-corrected chi connectivity index (χ1v) is 7.23. The zero-order chi connectivity index (χ0) is 17.7. The normalized spacial score (nSPS) is 20.5. The van der Waals surface area contributed by atoms with Crippen molar-refractivity contribution in [2.45, 2.75) is 32.2 Å². The summed E-state index contributed by atoms with van der Waals surface area (Å²) >= 11 is 0. The van der Waals surface area contributed by atoms with Crippen molar-refractivity contribution in [2.75, 3.05) is 0 Å². The second-order valence-electron chi connectivity index (χ2n) is 5.39. The van der Waals surface area contributed by atoms with E-state index in [9.17, 15) is 5.11 Å². The van der Waals surface area contributed by atoms with Gasteiger partial charge in [0.15, 0.2) is 12.0 Å². The van der Waals surface area contributed by atoms with Crippen LogP contribution in [-0.4, -0.2) is 17.6 Å². The Morgan fingerprint density at radius 2 is 2.21 bits per heavy atom. The average Bonchev–Trinajstić information content (AvgIpc) is 2.57. The van der Waals surface area contributed by atoms with Crippen molar-refractivity contribution in [3.63, 3.8) is 0 Å². The van der Waals surface area contributed by atoms with Gasteiger partial charge in [-0.3, -0.25) is 11.2 Å². The first kappa shape index (κ1) is 17.5. The van der Waals surface area contributed by atoms with Crippen molar-refractivity contribution in [3.8, 4) is 17.6 Å². The van der Waals surface area contributed by atoms with Gasteiger partial charge in [-0.05, 0) is 12.0 Å². The van der Waals surface area contributed by atoms with Gasteiger partial charge < -0.3 is 21.0 Å². The molecular weight excluding hydrogens is 312 g/mol. The van der Waals surface area contributed by atoms with Gasteiger partial charge in [0.1, 0.15) is 23.7 Å². The second-order valence-corrected chi connectivity index (χ2v) is 5.39. The molecule has 24 heavy (non-hydrogen) atoms. The maximum absolute atomic E-state index is 9.88. The summed E-state index contributed by atoms with van der Waals surface area (Å²) < 4.78 is 5.90. The molecule has 1 heterocycles. The number of hydrogen-bond donors (Lipinski definition) is 6. The molecule has 10 heteroatoms. The van der Waals surface area contributed by atoms with Gasteiger partial charge in [-0.15, -0.1) is 5.11 Å². The number of rotatable bonds is 5. The van der Waals surface area contributed by atoms with Crippen LogP contribution in [0.25, 0.3) is 0 Å². The number of nitriles is 1. The van der Waals surface area contributed by atoms with Gasteiger partial charge in [0, 0.05) is 17.8 Å². The fourth-order valence-corrected chi connectivity index (χ4v) is 2.23. The van der Waals surface area contributed by atoms with E-state index in [0.717, 1.165) is 5.56 Å². The number of nitrogens with zero attached hydrogens (tertiary/aromatic N) is 3. The van der Waals surface area contributed by atoms with Crippen LogP contribution in [0.3, 0.4) is 0 Å². The molecule has 8 N–H and O–H groups in total. The number of hydrogen-bond acceptors (Lipinski definition) is 9. The molecule has 128 valence electrons. The summed E-state index contributed by atoms with van der Waals surface area (Å²) in [5.41, 5.74) is 3.43. The lowest BCUT2D eigenvalue weighted by Gasteiger charge is -2.29. The van der Waals surface area contributed by atoms with Crippen LogP contribution in [0.2, 0.25) is 0 Å². The van der Waals surface area contributed by atoms with Gasteiger partial charge >= 0.3 is 0 Å². The summed E-state index contributed by atoms with van der Waals surface area (Å²) in [6.45, 7) is 3.91. The summed E-state index contributed by atoms with van der Waals surface area (Å²) in [5.74, 6) is 11.4. The van der Waals surface area contributed by atoms with E-state index in [1.807, 2.05) is 19.9 Å². The lowest BCUT2D eigenvalue weighted by Crippen LogP contribution is -2.58. The van der Waals surface area contributed by atoms with Crippen molar-refractivity contribution in [1.29, 1.82) is 5.26 Å². The Balaban J connectivity index is 2.34. The van der Waals surface area contributed by atoms with E-state index in [-0.39, 0.29) is 17.2 Å². The molecule has 1 aromatic rings. The highest BCUT2D eigenvalue weighted by Gasteiger charge is 2.25. The number of nitrogens with two attached hydrogens (primary N) is 2. The van der Waals surface area contributed by atoms with Gasteiger partial charge in [0.05, 0.1) is 5.56 Å². The third-order valence-electron chi connectivity index (χ3n) is 3.44. The second kappa shape index (κ2) is 7.60. The van der Waals surface area contributed by atoms with Crippen LogP contribution in [0.15, 0.2) is 34.4 Å². The third kappa shape index (κ3) is 3.72. The lowest BCUT2D eigenvalue weighted by atomic mass is 9.99. The Kier molecular flexibility index (Phi) is 5.54. The molecule has 0 saturated heterocycles. The molecular formula is C14H20N8O2. The van der Waals surface area contributed by atoms with E-state index in [1.54, 1.807) is 6.20 Å². The molecule has 0 aromatic heterocycles. The molecule has 0 amide bonds. The summed E-state index contributed by atoms with van der Waals surface area (Å²) in [4.78, 5) is 0. The van der Waals surface area contributed by atoms with Gasteiger partial charge in [0.2, 0.25) is 0 Å². The quantitative estimate of drug-likeness (QED) is 0.252. The summed E-state index contributed by atoms with van der Waals surface area (Å²) in [6.07, 6.45) is 0.465. The molecule has 2 rings (SSSR count). The summed E-state index contributed by atoms with van der Waals surface area (Å²) in [6, 6.07) is 4.94. The first-order valence-electron chi connectivity index (χ1n) is 7.23. The monoisotopic (exact) mass is 332 g/mol. The van der Waals surface area contributed by atoms with Gasteiger partial charge in [-0.2, -0.15) is 5.26 Å². The molecule has 1 aliphatic heterocycles. The first-order chi connectivity index (χ1) is 11.5. The molecule has 0 aliphatic carbocycles. The number of hydrazine groups is 1. The maximum Gasteiger partial charge on any atom is 0.197 e. The number of benzene rings is 1. The molecule has 1 aromatic carbocycles. The third-order valence-corrected chi connectivity index (χ3v) is 3.44. The molecule has 0 bridgehead atoms. The standard InChI is InChI=1S/C14H20N8O2/c1-7(2)9-4-10(23)8(5-15)3-11(9)24-12-6-18-14(21-22-17)19-13(12)20-16/h3-4,6-7,13-14,18-20,23H,16H2,1-2H3,(H2,17,21). The van der Waals surface area contributed by atoms with Crippen molar-refractivity contribution in [2.24, 2.45) is 22.0 Å². The van der Waals surface area contributed by atoms with Crippen LogP contribution in [-0.2, 0) is 0 Å². The SMILES string of the molecule is CC(C)c1cc(O)c(C#N)cc1OC1=CNC(N=NN)NC1NN. The van der Waals surface area contributed by atoms with Crippen LogP contribution >= 0.6 is 0 Å². The van der Waals surface area contributed by atoms with Crippen LogP contribution < -0.4 is 32.5 Å². The molecule has 0 fully saturated rings. The fraction of sp³-hybridized carbons (Fsp3) is 0.357. The van der Waals surface area contributed by atoms with Crippen LogP contribution in [0, 0.1) is 11.3 Å². The van der Waals surface area contributed by atoms with Gasteiger partial charge in [0.25, 0.3) is 0 Å². The van der Waals surface area contributed by atoms with E-state index in [2.05, 4.69) is 26.4 Å². The number of ether oxygens (including phenoxy) is 1. The predicted molar refractivity (Wildman–Crippen MR) is 85.8 cm³/mol. The zero-order valence-corrected chi connectivity index (χ0v) is 13.3. The zero-order valence-electron chi connectivity index (χ0n) is 13.3. The number of aromatic hydroxyl groups is 1. The Morgan fingerprint density at radius 3 is 2.79 bits per heavy atom. The van der Waals surface area contributed by atoms with Crippen LogP contribution in [0.5, 0.6) is 11.5 Å². The highest BCUT2D eigenvalue weighted by Crippen LogP contribution is 2.34. The minimum absolute atomic E-state index is 0.0758. The molecule has 10 nitrogen and oxygen atoms in total. The molecule has 2 atom stereocenters. The van der Waals surface area contributed by atoms with E-state index < -0.39 is 12.5 Å². The lowest BCUT2D eigenvalue weighted by molar-refractivity contribution is 0.265.